The molecule has 0 spiro atoms. The maximum atomic E-state index is 10.9. The number of benzene rings is 1. The molecule has 19 heavy (non-hydrogen) atoms. The summed E-state index contributed by atoms with van der Waals surface area (Å²) in [4.78, 5) is 12.2. The lowest BCUT2D eigenvalue weighted by Gasteiger charge is -2.16. The lowest BCUT2D eigenvalue weighted by Crippen LogP contribution is -2.14. The fourth-order valence-electron chi connectivity index (χ4n) is 1.88. The Labute approximate surface area is 120 Å². The van der Waals surface area contributed by atoms with Gasteiger partial charge in [-0.25, -0.2) is 0 Å². The van der Waals surface area contributed by atoms with Gasteiger partial charge in [-0.3, -0.25) is 4.79 Å². The molecule has 0 amide bonds. The van der Waals surface area contributed by atoms with Gasteiger partial charge in [0, 0.05) is 17.1 Å². The van der Waals surface area contributed by atoms with Gasteiger partial charge in [-0.05, 0) is 18.6 Å². The molecular weight excluding hydrogens is 256 g/mol. The standard InChI is InChI=1S/C16H24O2S/c1-3-4-5-7-12-16(13-18-14(2)17)19-15-10-8-6-9-11-15/h6,8-11,16H,3-5,7,12-13H2,1-2H3. The smallest absolute Gasteiger partial charge is 0.302 e. The molecule has 106 valence electrons. The lowest BCUT2D eigenvalue weighted by atomic mass is 10.1. The van der Waals surface area contributed by atoms with Gasteiger partial charge in [0.05, 0.1) is 0 Å². The number of rotatable bonds is 9. The van der Waals surface area contributed by atoms with Crippen molar-refractivity contribution in [2.75, 3.05) is 6.61 Å². The van der Waals surface area contributed by atoms with E-state index in [1.54, 1.807) is 0 Å². The van der Waals surface area contributed by atoms with Gasteiger partial charge >= 0.3 is 5.97 Å². The zero-order valence-electron chi connectivity index (χ0n) is 11.9. The number of esters is 1. The van der Waals surface area contributed by atoms with Crippen molar-refractivity contribution in [1.82, 2.24) is 0 Å². The van der Waals surface area contributed by atoms with Crippen molar-refractivity contribution in [3.63, 3.8) is 0 Å². The molecule has 1 aromatic rings. The summed E-state index contributed by atoms with van der Waals surface area (Å²) in [7, 11) is 0. The number of carbonyl (C=O) groups excluding carboxylic acids is 1. The quantitative estimate of drug-likeness (QED) is 0.373. The van der Waals surface area contributed by atoms with Crippen LogP contribution in [-0.2, 0) is 9.53 Å². The van der Waals surface area contributed by atoms with E-state index in [9.17, 15) is 4.79 Å². The average molecular weight is 280 g/mol. The molecule has 0 N–H and O–H groups in total. The van der Waals surface area contributed by atoms with Gasteiger partial charge in [0.25, 0.3) is 0 Å². The van der Waals surface area contributed by atoms with Crippen LogP contribution in [0.3, 0.4) is 0 Å². The van der Waals surface area contributed by atoms with E-state index in [4.69, 9.17) is 4.74 Å². The Kier molecular flexibility index (Phi) is 8.39. The fourth-order valence-corrected chi connectivity index (χ4v) is 3.00. The van der Waals surface area contributed by atoms with Crippen molar-refractivity contribution in [1.29, 1.82) is 0 Å². The van der Waals surface area contributed by atoms with E-state index in [2.05, 4.69) is 19.1 Å². The van der Waals surface area contributed by atoms with Crippen LogP contribution in [0.2, 0.25) is 0 Å². The molecule has 0 saturated heterocycles. The zero-order valence-corrected chi connectivity index (χ0v) is 12.7. The summed E-state index contributed by atoms with van der Waals surface area (Å²) in [6.45, 7) is 4.21. The molecule has 0 radical (unpaired) electrons. The summed E-state index contributed by atoms with van der Waals surface area (Å²) < 4.78 is 5.17. The Hall–Kier alpha value is -0.960. The lowest BCUT2D eigenvalue weighted by molar-refractivity contribution is -0.140. The molecule has 0 heterocycles. The van der Waals surface area contributed by atoms with Crippen molar-refractivity contribution < 1.29 is 9.53 Å². The first kappa shape index (κ1) is 16.1. The van der Waals surface area contributed by atoms with E-state index in [0.717, 1.165) is 6.42 Å². The Bertz CT molecular complexity index is 351. The third kappa shape index (κ3) is 7.93. The van der Waals surface area contributed by atoms with E-state index in [-0.39, 0.29) is 5.97 Å². The number of unbranched alkanes of at least 4 members (excludes halogenated alkanes) is 3. The van der Waals surface area contributed by atoms with Crippen LogP contribution in [0.5, 0.6) is 0 Å². The molecule has 1 unspecified atom stereocenters. The molecule has 0 fully saturated rings. The number of ether oxygens (including phenoxy) is 1. The second-order valence-corrected chi connectivity index (χ2v) is 6.08. The van der Waals surface area contributed by atoms with Crippen molar-refractivity contribution in [2.24, 2.45) is 0 Å². The van der Waals surface area contributed by atoms with E-state index in [1.807, 2.05) is 30.0 Å². The molecule has 0 aliphatic heterocycles. The molecule has 0 saturated carbocycles. The third-order valence-electron chi connectivity index (χ3n) is 2.90. The van der Waals surface area contributed by atoms with Crippen LogP contribution in [0.15, 0.2) is 35.2 Å². The Morgan fingerprint density at radius 3 is 2.58 bits per heavy atom. The number of hydrogen-bond donors (Lipinski definition) is 0. The molecule has 0 bridgehead atoms. The maximum Gasteiger partial charge on any atom is 0.302 e. The first-order chi connectivity index (χ1) is 9.22. The number of carbonyl (C=O) groups is 1. The topological polar surface area (TPSA) is 26.3 Å². The highest BCUT2D eigenvalue weighted by atomic mass is 32.2. The predicted molar refractivity (Wildman–Crippen MR) is 81.5 cm³/mol. The van der Waals surface area contributed by atoms with Gasteiger partial charge in [0.1, 0.15) is 6.61 Å². The molecule has 1 aromatic carbocycles. The predicted octanol–water partition coefficient (Wildman–Crippen LogP) is 4.68. The minimum absolute atomic E-state index is 0.188. The summed E-state index contributed by atoms with van der Waals surface area (Å²) in [5.41, 5.74) is 0. The minimum atomic E-state index is -0.188. The van der Waals surface area contributed by atoms with Gasteiger partial charge in [-0.1, -0.05) is 50.8 Å². The second kappa shape index (κ2) is 9.90. The van der Waals surface area contributed by atoms with Crippen LogP contribution in [0.4, 0.5) is 0 Å². The molecule has 1 atom stereocenters. The highest BCUT2D eigenvalue weighted by Crippen LogP contribution is 2.27. The Morgan fingerprint density at radius 2 is 1.95 bits per heavy atom. The van der Waals surface area contributed by atoms with Gasteiger partial charge < -0.3 is 4.74 Å². The summed E-state index contributed by atoms with van der Waals surface area (Å²) in [6, 6.07) is 10.3. The van der Waals surface area contributed by atoms with Gasteiger partial charge in [0.15, 0.2) is 0 Å². The Balaban J connectivity index is 2.41. The van der Waals surface area contributed by atoms with Crippen molar-refractivity contribution in [3.8, 4) is 0 Å². The average Bonchev–Trinajstić information content (AvgIpc) is 2.41. The van der Waals surface area contributed by atoms with E-state index >= 15 is 0 Å². The normalized spacial score (nSPS) is 12.1. The first-order valence-electron chi connectivity index (χ1n) is 7.07. The molecule has 0 aliphatic rings. The van der Waals surface area contributed by atoms with E-state index in [0.29, 0.717) is 11.9 Å². The van der Waals surface area contributed by atoms with E-state index < -0.39 is 0 Å². The molecule has 1 rings (SSSR count). The monoisotopic (exact) mass is 280 g/mol. The first-order valence-corrected chi connectivity index (χ1v) is 7.95. The summed E-state index contributed by atoms with van der Waals surface area (Å²) >= 11 is 1.81. The molecule has 3 heteroatoms. The van der Waals surface area contributed by atoms with Crippen molar-refractivity contribution >= 4 is 17.7 Å². The SMILES string of the molecule is CCCCCCC(COC(C)=O)Sc1ccccc1. The zero-order chi connectivity index (χ0) is 13.9. The van der Waals surface area contributed by atoms with E-state index in [1.165, 1.54) is 37.5 Å². The molecule has 2 nitrogen and oxygen atoms in total. The molecule has 0 aliphatic carbocycles. The summed E-state index contributed by atoms with van der Waals surface area (Å²) in [5, 5.41) is 0.364. The Morgan fingerprint density at radius 1 is 1.21 bits per heavy atom. The third-order valence-corrected chi connectivity index (χ3v) is 4.15. The summed E-state index contributed by atoms with van der Waals surface area (Å²) in [6.07, 6.45) is 6.12. The molecular formula is C16H24O2S. The fraction of sp³-hybridized carbons (Fsp3) is 0.562. The van der Waals surface area contributed by atoms with Gasteiger partial charge in [-0.2, -0.15) is 0 Å². The number of thioether (sulfide) groups is 1. The largest absolute Gasteiger partial charge is 0.465 e. The van der Waals surface area contributed by atoms with Crippen LogP contribution in [0.25, 0.3) is 0 Å². The van der Waals surface area contributed by atoms with Gasteiger partial charge in [0.2, 0.25) is 0 Å². The van der Waals surface area contributed by atoms with Crippen LogP contribution in [0.1, 0.15) is 46.0 Å². The van der Waals surface area contributed by atoms with Crippen LogP contribution < -0.4 is 0 Å². The van der Waals surface area contributed by atoms with Crippen LogP contribution in [0, 0.1) is 0 Å². The summed E-state index contributed by atoms with van der Waals surface area (Å²) in [5.74, 6) is -0.188. The minimum Gasteiger partial charge on any atom is -0.465 e. The number of hydrogen-bond acceptors (Lipinski definition) is 3. The van der Waals surface area contributed by atoms with Crippen LogP contribution in [-0.4, -0.2) is 17.8 Å². The highest BCUT2D eigenvalue weighted by Gasteiger charge is 2.12. The van der Waals surface area contributed by atoms with Gasteiger partial charge in [-0.15, -0.1) is 11.8 Å². The second-order valence-electron chi connectivity index (χ2n) is 4.70. The molecule has 0 aromatic heterocycles. The van der Waals surface area contributed by atoms with Crippen LogP contribution >= 0.6 is 11.8 Å². The maximum absolute atomic E-state index is 10.9. The van der Waals surface area contributed by atoms with Crippen molar-refractivity contribution in [2.45, 2.75) is 56.1 Å². The van der Waals surface area contributed by atoms with Crippen molar-refractivity contribution in [3.05, 3.63) is 30.3 Å². The highest BCUT2D eigenvalue weighted by molar-refractivity contribution is 8.00.